The molecule has 5 nitrogen and oxygen atoms in total. The molecule has 23 heavy (non-hydrogen) atoms. The maximum atomic E-state index is 11.2. The number of hydrogen-bond donors (Lipinski definition) is 2. The molecule has 1 rings (SSSR count). The largest absolute Gasteiger partial charge is 0.477 e. The maximum absolute atomic E-state index is 11.2. The smallest absolute Gasteiger partial charge is 0.360 e. The van der Waals surface area contributed by atoms with Gasteiger partial charge in [0, 0.05) is 13.0 Å². The Labute approximate surface area is 140 Å². The molecular weight excluding hydrogens is 290 g/mol. The van der Waals surface area contributed by atoms with E-state index in [1.807, 2.05) is 12.3 Å². The number of aliphatic imine (C=N–C) groups is 1. The van der Waals surface area contributed by atoms with Crippen LogP contribution in [-0.2, 0) is 4.79 Å². The van der Waals surface area contributed by atoms with Crippen LogP contribution in [0.15, 0.2) is 30.0 Å². The third-order valence-electron chi connectivity index (χ3n) is 4.34. The SMILES string of the molecule is C=CCCCCCCCCCC1=NC=C[N+]1(CCN)CC(=O)O. The standard InChI is InChI=1S/C18H31N3O2/c1-2-3-4-5-6-7-8-9-10-11-17-20-13-15-21(17,14-12-19)16-18(22)23/h2,13,15H,1,3-12,14,16,19H2/p+1. The van der Waals surface area contributed by atoms with Crippen LogP contribution in [0, 0.1) is 0 Å². The van der Waals surface area contributed by atoms with Crippen molar-refractivity contribution >= 4 is 11.8 Å². The monoisotopic (exact) mass is 322 g/mol. The van der Waals surface area contributed by atoms with Crippen LogP contribution < -0.4 is 5.73 Å². The van der Waals surface area contributed by atoms with Crippen molar-refractivity contribution in [2.24, 2.45) is 10.7 Å². The molecule has 0 saturated heterocycles. The quantitative estimate of drug-likeness (QED) is 0.292. The number of nitrogens with two attached hydrogens (primary N) is 1. The zero-order valence-electron chi connectivity index (χ0n) is 14.3. The van der Waals surface area contributed by atoms with Crippen LogP contribution in [0.4, 0.5) is 0 Å². The fourth-order valence-electron chi connectivity index (χ4n) is 3.09. The number of nitrogens with zero attached hydrogens (tertiary/aromatic N) is 2. The second kappa shape index (κ2) is 11.1. The van der Waals surface area contributed by atoms with Gasteiger partial charge in [-0.2, -0.15) is 0 Å². The zero-order valence-corrected chi connectivity index (χ0v) is 14.3. The van der Waals surface area contributed by atoms with E-state index in [4.69, 9.17) is 10.8 Å². The van der Waals surface area contributed by atoms with Crippen molar-refractivity contribution in [3.8, 4) is 0 Å². The molecule has 0 aromatic carbocycles. The Morgan fingerprint density at radius 2 is 1.87 bits per heavy atom. The molecule has 0 radical (unpaired) electrons. The van der Waals surface area contributed by atoms with Gasteiger partial charge >= 0.3 is 5.97 Å². The second-order valence-corrected chi connectivity index (χ2v) is 6.24. The van der Waals surface area contributed by atoms with Crippen molar-refractivity contribution in [1.29, 1.82) is 0 Å². The molecule has 0 bridgehead atoms. The van der Waals surface area contributed by atoms with Crippen LogP contribution in [0.5, 0.6) is 0 Å². The van der Waals surface area contributed by atoms with E-state index in [2.05, 4.69) is 11.6 Å². The number of aliphatic carboxylic acids is 1. The summed E-state index contributed by atoms with van der Waals surface area (Å²) in [7, 11) is 0. The zero-order chi connectivity index (χ0) is 17.0. The van der Waals surface area contributed by atoms with Gasteiger partial charge in [-0.15, -0.1) is 6.58 Å². The van der Waals surface area contributed by atoms with Gasteiger partial charge in [0.2, 0.25) is 5.84 Å². The van der Waals surface area contributed by atoms with Crippen molar-refractivity contribution in [3.63, 3.8) is 0 Å². The molecule has 1 unspecified atom stereocenters. The first-order valence-corrected chi connectivity index (χ1v) is 8.79. The molecule has 0 aromatic heterocycles. The summed E-state index contributed by atoms with van der Waals surface area (Å²) in [6.07, 6.45) is 16.2. The Hall–Kier alpha value is -1.46. The van der Waals surface area contributed by atoms with Gasteiger partial charge in [0.15, 0.2) is 6.54 Å². The van der Waals surface area contributed by atoms with Gasteiger partial charge in [0.05, 0.1) is 6.20 Å². The molecular formula is C18H32N3O2+. The summed E-state index contributed by atoms with van der Waals surface area (Å²) in [5, 5.41) is 9.16. The van der Waals surface area contributed by atoms with Crippen LogP contribution in [0.2, 0.25) is 0 Å². The minimum absolute atomic E-state index is 0.0375. The van der Waals surface area contributed by atoms with Crippen molar-refractivity contribution in [1.82, 2.24) is 0 Å². The average molecular weight is 322 g/mol. The van der Waals surface area contributed by atoms with Crippen molar-refractivity contribution in [2.45, 2.75) is 57.8 Å². The van der Waals surface area contributed by atoms with E-state index in [-0.39, 0.29) is 6.54 Å². The van der Waals surface area contributed by atoms with E-state index in [9.17, 15) is 4.79 Å². The van der Waals surface area contributed by atoms with Crippen molar-refractivity contribution < 1.29 is 14.4 Å². The predicted molar refractivity (Wildman–Crippen MR) is 95.0 cm³/mol. The van der Waals surface area contributed by atoms with E-state index >= 15 is 0 Å². The number of amidine groups is 1. The summed E-state index contributed by atoms with van der Waals surface area (Å²) in [6, 6.07) is 0. The van der Waals surface area contributed by atoms with Crippen molar-refractivity contribution in [2.75, 3.05) is 19.6 Å². The third kappa shape index (κ3) is 7.10. The summed E-state index contributed by atoms with van der Waals surface area (Å²) in [5.41, 5.74) is 5.67. The second-order valence-electron chi connectivity index (χ2n) is 6.24. The molecule has 5 heteroatoms. The lowest BCUT2D eigenvalue weighted by atomic mass is 10.1. The van der Waals surface area contributed by atoms with E-state index in [1.165, 1.54) is 38.5 Å². The number of rotatable bonds is 14. The molecule has 1 atom stereocenters. The minimum atomic E-state index is -0.808. The van der Waals surface area contributed by atoms with Gasteiger partial charge in [-0.3, -0.25) is 0 Å². The molecule has 1 heterocycles. The molecule has 3 N–H and O–H groups in total. The van der Waals surface area contributed by atoms with E-state index in [0.717, 1.165) is 25.1 Å². The van der Waals surface area contributed by atoms with Gasteiger partial charge < -0.3 is 10.8 Å². The van der Waals surface area contributed by atoms with Gasteiger partial charge in [-0.1, -0.05) is 38.2 Å². The molecule has 1 aliphatic heterocycles. The molecule has 1 aliphatic rings. The summed E-state index contributed by atoms with van der Waals surface area (Å²) in [4.78, 5) is 15.6. The average Bonchev–Trinajstić information content (AvgIpc) is 2.87. The van der Waals surface area contributed by atoms with Crippen LogP contribution >= 0.6 is 0 Å². The Morgan fingerprint density at radius 1 is 1.22 bits per heavy atom. The van der Waals surface area contributed by atoms with Gasteiger partial charge in [0.25, 0.3) is 0 Å². The molecule has 0 fully saturated rings. The summed E-state index contributed by atoms with van der Waals surface area (Å²) < 4.78 is 0.299. The maximum Gasteiger partial charge on any atom is 0.360 e. The Balaban J connectivity index is 2.25. The summed E-state index contributed by atoms with van der Waals surface area (Å²) >= 11 is 0. The predicted octanol–water partition coefficient (Wildman–Crippen LogP) is 3.43. The van der Waals surface area contributed by atoms with Gasteiger partial charge in [-0.05, 0) is 19.3 Å². The summed E-state index contributed by atoms with van der Waals surface area (Å²) in [6.45, 7) is 4.84. The topological polar surface area (TPSA) is 75.7 Å². The normalized spacial score (nSPS) is 19.8. The highest BCUT2D eigenvalue weighted by Gasteiger charge is 2.36. The fourth-order valence-corrected chi connectivity index (χ4v) is 3.09. The van der Waals surface area contributed by atoms with E-state index in [1.54, 1.807) is 6.20 Å². The number of quaternary nitrogens is 1. The van der Waals surface area contributed by atoms with E-state index < -0.39 is 5.97 Å². The van der Waals surface area contributed by atoms with Crippen LogP contribution in [-0.4, -0.2) is 41.0 Å². The first-order chi connectivity index (χ1) is 11.1. The number of allylic oxidation sites excluding steroid dienone is 1. The highest BCUT2D eigenvalue weighted by Crippen LogP contribution is 2.21. The Kier molecular flexibility index (Phi) is 9.48. The minimum Gasteiger partial charge on any atom is -0.477 e. The van der Waals surface area contributed by atoms with Crippen molar-refractivity contribution in [3.05, 3.63) is 25.1 Å². The van der Waals surface area contributed by atoms with Crippen LogP contribution in [0.3, 0.4) is 0 Å². The molecule has 0 amide bonds. The van der Waals surface area contributed by atoms with Gasteiger partial charge in [0.1, 0.15) is 12.7 Å². The number of carbonyl (C=O) groups is 1. The third-order valence-corrected chi connectivity index (χ3v) is 4.34. The fraction of sp³-hybridized carbons (Fsp3) is 0.667. The highest BCUT2D eigenvalue weighted by atomic mass is 16.4. The molecule has 0 aliphatic carbocycles. The van der Waals surface area contributed by atoms with Gasteiger partial charge in [-0.25, -0.2) is 14.3 Å². The Bertz CT molecular complexity index is 432. The van der Waals surface area contributed by atoms with Crippen LogP contribution in [0.25, 0.3) is 0 Å². The number of carboxylic acid groups (broad SMARTS) is 1. The molecule has 0 aromatic rings. The first kappa shape index (κ1) is 19.6. The lowest BCUT2D eigenvalue weighted by Crippen LogP contribution is -2.52. The number of hydrogen-bond acceptors (Lipinski definition) is 3. The summed E-state index contributed by atoms with van der Waals surface area (Å²) in [5.74, 6) is 0.140. The number of carboxylic acids is 1. The Morgan fingerprint density at radius 3 is 2.48 bits per heavy atom. The lowest BCUT2D eigenvalue weighted by Gasteiger charge is -2.30. The first-order valence-electron chi connectivity index (χ1n) is 8.79. The van der Waals surface area contributed by atoms with Crippen LogP contribution in [0.1, 0.15) is 57.8 Å². The molecule has 0 saturated carbocycles. The highest BCUT2D eigenvalue weighted by molar-refractivity contribution is 5.81. The van der Waals surface area contributed by atoms with E-state index in [0.29, 0.717) is 17.6 Å². The number of unbranched alkanes of at least 4 members (excludes halogenated alkanes) is 7. The molecule has 130 valence electrons. The lowest BCUT2D eigenvalue weighted by molar-refractivity contribution is -0.778. The molecule has 0 spiro atoms.